The van der Waals surface area contributed by atoms with Gasteiger partial charge >= 0.3 is 0 Å². The van der Waals surface area contributed by atoms with Crippen LogP contribution in [0.5, 0.6) is 11.5 Å². The summed E-state index contributed by atoms with van der Waals surface area (Å²) < 4.78 is 18.7. The van der Waals surface area contributed by atoms with Gasteiger partial charge in [0, 0.05) is 17.7 Å². The van der Waals surface area contributed by atoms with Gasteiger partial charge in [-0.2, -0.15) is 0 Å². The number of hydrogen-bond acceptors (Lipinski definition) is 5. The van der Waals surface area contributed by atoms with E-state index in [1.165, 1.54) is 35.5 Å². The van der Waals surface area contributed by atoms with Gasteiger partial charge in [-0.25, -0.2) is 0 Å². The molecule has 1 aromatic rings. The zero-order valence-corrected chi connectivity index (χ0v) is 23.2. The maximum absolute atomic E-state index is 6.13. The lowest BCUT2D eigenvalue weighted by molar-refractivity contribution is 0.137. The summed E-state index contributed by atoms with van der Waals surface area (Å²) in [7, 11) is 0. The molecule has 0 aliphatic carbocycles. The molecule has 0 saturated heterocycles. The summed E-state index contributed by atoms with van der Waals surface area (Å²) in [5, 5.41) is 0. The van der Waals surface area contributed by atoms with E-state index in [9.17, 15) is 0 Å². The van der Waals surface area contributed by atoms with Crippen LogP contribution in [0, 0.1) is 0 Å². The van der Waals surface area contributed by atoms with Crippen LogP contribution in [-0.4, -0.2) is 42.5 Å². The van der Waals surface area contributed by atoms with Gasteiger partial charge in [0.2, 0.25) is 0 Å². The quantitative estimate of drug-likeness (QED) is 0.134. The Kier molecular flexibility index (Phi) is 17.8. The Morgan fingerprint density at radius 3 is 1.97 bits per heavy atom. The van der Waals surface area contributed by atoms with Crippen molar-refractivity contribution in [2.75, 3.05) is 37.9 Å². The SMILES string of the molecule is CCCSC(COCCCCOc1ccc(OCC=C(Cl)Cl)c(CC)c1CC)SCCC. The number of rotatable bonds is 19. The predicted molar refractivity (Wildman–Crippen MR) is 145 cm³/mol. The van der Waals surface area contributed by atoms with E-state index in [4.69, 9.17) is 37.4 Å². The van der Waals surface area contributed by atoms with Gasteiger partial charge in [-0.3, -0.25) is 0 Å². The Morgan fingerprint density at radius 1 is 0.875 bits per heavy atom. The van der Waals surface area contributed by atoms with Crippen LogP contribution in [0.3, 0.4) is 0 Å². The summed E-state index contributed by atoms with van der Waals surface area (Å²) in [6.45, 7) is 11.4. The van der Waals surface area contributed by atoms with Crippen molar-refractivity contribution >= 4 is 46.7 Å². The minimum Gasteiger partial charge on any atom is -0.493 e. The summed E-state index contributed by atoms with van der Waals surface area (Å²) >= 11 is 15.4. The highest BCUT2D eigenvalue weighted by molar-refractivity contribution is 8.17. The van der Waals surface area contributed by atoms with E-state index in [0.717, 1.165) is 50.4 Å². The summed E-state index contributed by atoms with van der Waals surface area (Å²) in [5.41, 5.74) is 2.40. The van der Waals surface area contributed by atoms with Crippen molar-refractivity contribution in [3.63, 3.8) is 0 Å². The minimum atomic E-state index is 0.220. The smallest absolute Gasteiger partial charge is 0.123 e. The van der Waals surface area contributed by atoms with Gasteiger partial charge in [-0.15, -0.1) is 23.5 Å². The van der Waals surface area contributed by atoms with Crippen LogP contribution in [0.1, 0.15) is 64.5 Å². The first kappa shape index (κ1) is 29.8. The first-order valence-electron chi connectivity index (χ1n) is 11.8. The highest BCUT2D eigenvalue weighted by atomic mass is 35.5. The van der Waals surface area contributed by atoms with Gasteiger partial charge in [-0.05, 0) is 68.2 Å². The van der Waals surface area contributed by atoms with E-state index < -0.39 is 0 Å². The van der Waals surface area contributed by atoms with Crippen molar-refractivity contribution < 1.29 is 14.2 Å². The zero-order chi connectivity index (χ0) is 23.6. The van der Waals surface area contributed by atoms with Crippen molar-refractivity contribution in [2.24, 2.45) is 0 Å². The summed E-state index contributed by atoms with van der Waals surface area (Å²) in [5.74, 6) is 4.24. The molecule has 3 nitrogen and oxygen atoms in total. The van der Waals surface area contributed by atoms with Crippen LogP contribution in [0.2, 0.25) is 0 Å². The molecule has 0 aromatic heterocycles. The van der Waals surface area contributed by atoms with Crippen molar-refractivity contribution in [1.82, 2.24) is 0 Å². The molecular weight excluding hydrogens is 483 g/mol. The average molecular weight is 524 g/mol. The largest absolute Gasteiger partial charge is 0.493 e. The molecule has 0 amide bonds. The number of benzene rings is 1. The molecule has 7 heteroatoms. The molecule has 0 radical (unpaired) electrons. The molecule has 1 aromatic carbocycles. The van der Waals surface area contributed by atoms with E-state index in [1.807, 2.05) is 35.7 Å². The lowest BCUT2D eigenvalue weighted by Gasteiger charge is -2.18. The lowest BCUT2D eigenvalue weighted by Crippen LogP contribution is -2.11. The summed E-state index contributed by atoms with van der Waals surface area (Å²) in [6, 6.07) is 3.99. The van der Waals surface area contributed by atoms with E-state index in [0.29, 0.717) is 17.8 Å². The molecule has 0 saturated carbocycles. The molecule has 0 bridgehead atoms. The third-order valence-corrected chi connectivity index (χ3v) is 8.17. The molecule has 0 N–H and O–H groups in total. The number of hydrogen-bond donors (Lipinski definition) is 0. The van der Waals surface area contributed by atoms with Crippen LogP contribution >= 0.6 is 46.7 Å². The normalized spacial score (nSPS) is 11.1. The van der Waals surface area contributed by atoms with E-state index >= 15 is 0 Å². The molecule has 184 valence electrons. The Bertz CT molecular complexity index is 644. The Labute approximate surface area is 214 Å². The molecule has 0 spiro atoms. The standard InChI is InChI=1S/C25H40Cl2O3S2/c1-5-17-31-25(32-18-6-2)19-28-14-9-10-15-29-22-11-12-23(30-16-13-24(26)27)21(8-4)20(22)7-3/h11-13,25H,5-10,14-19H2,1-4H3. The molecule has 0 unspecified atom stereocenters. The maximum Gasteiger partial charge on any atom is 0.123 e. The van der Waals surface area contributed by atoms with Gasteiger partial charge in [-0.1, -0.05) is 50.9 Å². The molecule has 0 aliphatic rings. The van der Waals surface area contributed by atoms with Gasteiger partial charge in [0.25, 0.3) is 0 Å². The third kappa shape index (κ3) is 12.3. The molecule has 0 atom stereocenters. The second-order valence-corrected chi connectivity index (χ2v) is 11.3. The molecular formula is C25H40Cl2O3S2. The fraction of sp³-hybridized carbons (Fsp3) is 0.680. The minimum absolute atomic E-state index is 0.220. The number of ether oxygens (including phenoxy) is 3. The zero-order valence-electron chi connectivity index (χ0n) is 20.1. The van der Waals surface area contributed by atoms with E-state index in [-0.39, 0.29) is 4.49 Å². The average Bonchev–Trinajstić information content (AvgIpc) is 2.79. The molecule has 0 fully saturated rings. The van der Waals surface area contributed by atoms with Crippen molar-refractivity contribution in [1.29, 1.82) is 0 Å². The van der Waals surface area contributed by atoms with Gasteiger partial charge in [0.15, 0.2) is 0 Å². The monoisotopic (exact) mass is 522 g/mol. The van der Waals surface area contributed by atoms with Gasteiger partial charge in [0.1, 0.15) is 22.6 Å². The Hall–Kier alpha value is -0.200. The van der Waals surface area contributed by atoms with Crippen LogP contribution in [0.15, 0.2) is 22.7 Å². The molecule has 32 heavy (non-hydrogen) atoms. The first-order valence-corrected chi connectivity index (χ1v) is 14.6. The van der Waals surface area contributed by atoms with Crippen LogP contribution in [0.25, 0.3) is 0 Å². The second-order valence-electron chi connectivity index (χ2n) is 7.33. The van der Waals surface area contributed by atoms with Crippen molar-refractivity contribution in [2.45, 2.75) is 70.8 Å². The fourth-order valence-corrected chi connectivity index (χ4v) is 5.67. The summed E-state index contributed by atoms with van der Waals surface area (Å²) in [6.07, 6.45) is 7.86. The topological polar surface area (TPSA) is 27.7 Å². The maximum atomic E-state index is 6.13. The Morgan fingerprint density at radius 2 is 1.44 bits per heavy atom. The molecule has 0 aliphatic heterocycles. The van der Waals surface area contributed by atoms with E-state index in [1.54, 1.807) is 6.08 Å². The van der Waals surface area contributed by atoms with Gasteiger partial charge < -0.3 is 14.2 Å². The second kappa shape index (κ2) is 19.1. The summed E-state index contributed by atoms with van der Waals surface area (Å²) in [4.78, 5) is 0. The number of halogens is 2. The van der Waals surface area contributed by atoms with Crippen LogP contribution in [-0.2, 0) is 17.6 Å². The number of thioether (sulfide) groups is 2. The van der Waals surface area contributed by atoms with Gasteiger partial charge in [0.05, 0.1) is 17.8 Å². The van der Waals surface area contributed by atoms with Crippen molar-refractivity contribution in [3.8, 4) is 11.5 Å². The van der Waals surface area contributed by atoms with Crippen LogP contribution < -0.4 is 9.47 Å². The highest BCUT2D eigenvalue weighted by Crippen LogP contribution is 2.32. The van der Waals surface area contributed by atoms with Crippen LogP contribution in [0.4, 0.5) is 0 Å². The first-order chi connectivity index (χ1) is 15.6. The van der Waals surface area contributed by atoms with Crippen molar-refractivity contribution in [3.05, 3.63) is 33.8 Å². The highest BCUT2D eigenvalue weighted by Gasteiger charge is 2.13. The number of unbranched alkanes of at least 4 members (excludes halogenated alkanes) is 1. The Balaban J connectivity index is 2.44. The molecule has 1 rings (SSSR count). The fourth-order valence-electron chi connectivity index (χ4n) is 3.20. The predicted octanol–water partition coefficient (Wildman–Crippen LogP) is 8.30. The lowest BCUT2D eigenvalue weighted by atomic mass is 10.0. The van der Waals surface area contributed by atoms with E-state index in [2.05, 4.69) is 27.7 Å². The molecule has 0 heterocycles. The third-order valence-electron chi connectivity index (χ3n) is 4.74.